The average Bonchev–Trinajstić information content (AvgIpc) is 3.08. The van der Waals surface area contributed by atoms with Crippen molar-refractivity contribution in [2.75, 3.05) is 31.1 Å². The van der Waals surface area contributed by atoms with E-state index in [1.165, 1.54) is 12.1 Å². The van der Waals surface area contributed by atoms with Crippen molar-refractivity contribution < 1.29 is 13.6 Å². The first-order valence-electron chi connectivity index (χ1n) is 7.49. The maximum Gasteiger partial charge on any atom is 0.223 e. The number of amides is 1. The summed E-state index contributed by atoms with van der Waals surface area (Å²) in [5, 5.41) is 2.91. The lowest BCUT2D eigenvalue weighted by Gasteiger charge is -2.34. The van der Waals surface area contributed by atoms with Crippen LogP contribution in [0.15, 0.2) is 29.8 Å². The Labute approximate surface area is 137 Å². The third kappa shape index (κ3) is 3.85. The summed E-state index contributed by atoms with van der Waals surface area (Å²) in [6.07, 6.45) is 2.30. The van der Waals surface area contributed by atoms with E-state index in [0.717, 1.165) is 24.3 Å². The summed E-state index contributed by atoms with van der Waals surface area (Å²) in [6, 6.07) is 3.47. The van der Waals surface area contributed by atoms with Crippen molar-refractivity contribution in [1.82, 2.24) is 9.88 Å². The molecule has 0 aliphatic carbocycles. The molecular weight excluding hydrogens is 320 g/mol. The van der Waals surface area contributed by atoms with E-state index in [4.69, 9.17) is 0 Å². The van der Waals surface area contributed by atoms with Gasteiger partial charge in [-0.3, -0.25) is 4.79 Å². The number of benzene rings is 1. The van der Waals surface area contributed by atoms with Crippen LogP contribution in [0.2, 0.25) is 0 Å². The second kappa shape index (κ2) is 7.04. The van der Waals surface area contributed by atoms with E-state index >= 15 is 0 Å². The van der Waals surface area contributed by atoms with Gasteiger partial charge in [-0.25, -0.2) is 13.8 Å². The number of aryl methyl sites for hydroxylation is 1. The molecule has 2 aromatic rings. The zero-order valence-electron chi connectivity index (χ0n) is 12.5. The summed E-state index contributed by atoms with van der Waals surface area (Å²) in [7, 11) is 0. The molecule has 2 heterocycles. The van der Waals surface area contributed by atoms with E-state index in [-0.39, 0.29) is 18.7 Å². The van der Waals surface area contributed by atoms with E-state index in [2.05, 4.69) is 9.88 Å². The van der Waals surface area contributed by atoms with E-state index in [0.29, 0.717) is 18.7 Å². The number of carbonyl (C=O) groups excluding carboxylic acids is 1. The molecule has 1 aliphatic heterocycles. The number of aromatic nitrogens is 1. The number of rotatable bonds is 4. The summed E-state index contributed by atoms with van der Waals surface area (Å²) in [6.45, 7) is 2.79. The Balaban J connectivity index is 1.50. The maximum atomic E-state index is 13.6. The second-order valence-electron chi connectivity index (χ2n) is 5.42. The predicted octanol–water partition coefficient (Wildman–Crippen LogP) is 2.70. The van der Waals surface area contributed by atoms with Crippen molar-refractivity contribution in [2.45, 2.75) is 12.8 Å². The minimum absolute atomic E-state index is 0.00696. The number of hydrogen-bond acceptors (Lipinski definition) is 4. The fourth-order valence-corrected chi connectivity index (χ4v) is 3.34. The number of halogens is 2. The van der Waals surface area contributed by atoms with Gasteiger partial charge in [0, 0.05) is 50.2 Å². The van der Waals surface area contributed by atoms with Crippen molar-refractivity contribution in [1.29, 1.82) is 0 Å². The summed E-state index contributed by atoms with van der Waals surface area (Å²) in [4.78, 5) is 20.5. The zero-order chi connectivity index (χ0) is 16.2. The second-order valence-corrected chi connectivity index (χ2v) is 6.29. The molecule has 0 spiro atoms. The van der Waals surface area contributed by atoms with Crippen LogP contribution in [0.4, 0.5) is 13.9 Å². The number of hydrogen-bond donors (Lipinski definition) is 0. The Morgan fingerprint density at radius 2 is 2.00 bits per heavy atom. The Hall–Kier alpha value is -2.02. The molecule has 1 aromatic carbocycles. The minimum atomic E-state index is -0.601. The Bertz CT molecular complexity index is 670. The van der Waals surface area contributed by atoms with Crippen molar-refractivity contribution in [2.24, 2.45) is 0 Å². The number of nitrogens with zero attached hydrogens (tertiary/aromatic N) is 3. The van der Waals surface area contributed by atoms with Crippen molar-refractivity contribution in [3.8, 4) is 0 Å². The highest BCUT2D eigenvalue weighted by atomic mass is 32.1. The van der Waals surface area contributed by atoms with Gasteiger partial charge < -0.3 is 9.80 Å². The summed E-state index contributed by atoms with van der Waals surface area (Å²) in [5.41, 5.74) is 0.376. The molecule has 1 aromatic heterocycles. The highest BCUT2D eigenvalue weighted by Crippen LogP contribution is 2.19. The molecule has 0 N–H and O–H groups in total. The summed E-state index contributed by atoms with van der Waals surface area (Å²) >= 11 is 1.59. The van der Waals surface area contributed by atoms with Crippen molar-refractivity contribution in [3.63, 3.8) is 0 Å². The van der Waals surface area contributed by atoms with E-state index in [1.807, 2.05) is 5.38 Å². The standard InChI is InChI=1S/C16H17F2N3OS/c17-13-3-1-12(14(18)11-13)2-4-15(22)20-6-8-21(9-7-20)16-19-5-10-23-16/h1,3,5,10-11H,2,4,6-9H2. The number of anilines is 1. The Morgan fingerprint density at radius 1 is 1.22 bits per heavy atom. The molecular formula is C16H17F2N3OS. The van der Waals surface area contributed by atoms with Crippen LogP contribution in [0.5, 0.6) is 0 Å². The minimum Gasteiger partial charge on any atom is -0.345 e. The Morgan fingerprint density at radius 3 is 2.65 bits per heavy atom. The third-order valence-electron chi connectivity index (χ3n) is 3.95. The van der Waals surface area contributed by atoms with Gasteiger partial charge >= 0.3 is 0 Å². The third-order valence-corrected chi connectivity index (χ3v) is 4.78. The Kier molecular flexibility index (Phi) is 4.85. The van der Waals surface area contributed by atoms with Gasteiger partial charge in [-0.05, 0) is 18.1 Å². The predicted molar refractivity (Wildman–Crippen MR) is 85.6 cm³/mol. The molecule has 1 aliphatic rings. The molecule has 0 saturated carbocycles. The van der Waals surface area contributed by atoms with Gasteiger partial charge in [0.15, 0.2) is 5.13 Å². The molecule has 1 amide bonds. The van der Waals surface area contributed by atoms with Crippen LogP contribution in [0.1, 0.15) is 12.0 Å². The highest BCUT2D eigenvalue weighted by Gasteiger charge is 2.22. The molecule has 3 rings (SSSR count). The van der Waals surface area contributed by atoms with Crippen LogP contribution in [0.25, 0.3) is 0 Å². The van der Waals surface area contributed by atoms with E-state index in [9.17, 15) is 13.6 Å². The molecule has 0 bridgehead atoms. The number of carbonyl (C=O) groups is 1. The van der Waals surface area contributed by atoms with Crippen LogP contribution in [-0.2, 0) is 11.2 Å². The van der Waals surface area contributed by atoms with E-state index in [1.54, 1.807) is 22.4 Å². The van der Waals surface area contributed by atoms with Gasteiger partial charge in [0.05, 0.1) is 0 Å². The van der Waals surface area contributed by atoms with Crippen LogP contribution >= 0.6 is 11.3 Å². The lowest BCUT2D eigenvalue weighted by molar-refractivity contribution is -0.131. The molecule has 4 nitrogen and oxygen atoms in total. The van der Waals surface area contributed by atoms with E-state index < -0.39 is 11.6 Å². The fraction of sp³-hybridized carbons (Fsp3) is 0.375. The first-order chi connectivity index (χ1) is 11.1. The lowest BCUT2D eigenvalue weighted by Crippen LogP contribution is -2.48. The van der Waals surface area contributed by atoms with Gasteiger partial charge in [0.25, 0.3) is 0 Å². The van der Waals surface area contributed by atoms with Crippen LogP contribution in [-0.4, -0.2) is 42.0 Å². The maximum absolute atomic E-state index is 13.6. The lowest BCUT2D eigenvalue weighted by atomic mass is 10.1. The monoisotopic (exact) mass is 337 g/mol. The SMILES string of the molecule is O=C(CCc1ccc(F)cc1F)N1CCN(c2nccs2)CC1. The van der Waals surface area contributed by atoms with Gasteiger partial charge in [0.1, 0.15) is 11.6 Å². The molecule has 0 radical (unpaired) electrons. The first-order valence-corrected chi connectivity index (χ1v) is 8.37. The fourth-order valence-electron chi connectivity index (χ4n) is 2.64. The number of thiazole rings is 1. The molecule has 23 heavy (non-hydrogen) atoms. The average molecular weight is 337 g/mol. The summed E-state index contributed by atoms with van der Waals surface area (Å²) in [5.74, 6) is -1.19. The first kappa shape index (κ1) is 15.9. The summed E-state index contributed by atoms with van der Waals surface area (Å²) < 4.78 is 26.4. The van der Waals surface area contributed by atoms with Gasteiger partial charge in [-0.2, -0.15) is 0 Å². The molecule has 122 valence electrons. The molecule has 0 unspecified atom stereocenters. The number of piperazine rings is 1. The molecule has 0 atom stereocenters. The van der Waals surface area contributed by atoms with Crippen LogP contribution < -0.4 is 4.90 Å². The molecule has 7 heteroatoms. The smallest absolute Gasteiger partial charge is 0.223 e. The normalized spacial score (nSPS) is 15.0. The highest BCUT2D eigenvalue weighted by molar-refractivity contribution is 7.13. The van der Waals surface area contributed by atoms with Gasteiger partial charge in [-0.1, -0.05) is 6.07 Å². The van der Waals surface area contributed by atoms with Gasteiger partial charge in [-0.15, -0.1) is 11.3 Å². The van der Waals surface area contributed by atoms with Crippen molar-refractivity contribution in [3.05, 3.63) is 47.0 Å². The zero-order valence-corrected chi connectivity index (χ0v) is 13.4. The topological polar surface area (TPSA) is 36.4 Å². The quantitative estimate of drug-likeness (QED) is 0.861. The van der Waals surface area contributed by atoms with Crippen LogP contribution in [0.3, 0.4) is 0 Å². The molecule has 1 saturated heterocycles. The van der Waals surface area contributed by atoms with Crippen molar-refractivity contribution >= 4 is 22.4 Å². The van der Waals surface area contributed by atoms with Gasteiger partial charge in [0.2, 0.25) is 5.91 Å². The molecule has 1 fully saturated rings. The largest absolute Gasteiger partial charge is 0.345 e. The van der Waals surface area contributed by atoms with Crippen LogP contribution in [0, 0.1) is 11.6 Å².